The van der Waals surface area contributed by atoms with Gasteiger partial charge in [0.1, 0.15) is 17.0 Å². The Morgan fingerprint density at radius 2 is 2.10 bits per heavy atom. The minimum atomic E-state index is 0.884. The van der Waals surface area contributed by atoms with Gasteiger partial charge in [-0.3, -0.25) is 0 Å². The minimum absolute atomic E-state index is 0.884. The van der Waals surface area contributed by atoms with E-state index >= 15 is 0 Å². The van der Waals surface area contributed by atoms with Gasteiger partial charge in [-0.15, -0.1) is 11.3 Å². The number of nitrogens with one attached hydrogen (secondary N) is 1. The quantitative estimate of drug-likeness (QED) is 0.641. The van der Waals surface area contributed by atoms with E-state index in [9.17, 15) is 0 Å². The number of halogens is 1. The van der Waals surface area contributed by atoms with Crippen molar-refractivity contribution in [2.45, 2.75) is 20.3 Å². The second kappa shape index (κ2) is 5.65. The Labute approximate surface area is 135 Å². The van der Waals surface area contributed by atoms with Crippen LogP contribution in [0.2, 0.25) is 0 Å². The fourth-order valence-electron chi connectivity index (χ4n) is 2.07. The summed E-state index contributed by atoms with van der Waals surface area (Å²) in [5.74, 6) is 0.884. The summed E-state index contributed by atoms with van der Waals surface area (Å²) >= 11 is 4.06. The molecule has 0 fully saturated rings. The number of thiophene rings is 1. The Kier molecular flexibility index (Phi) is 3.89. The molecule has 0 aliphatic carbocycles. The van der Waals surface area contributed by atoms with Crippen LogP contribution in [-0.2, 0) is 6.42 Å². The van der Waals surface area contributed by atoms with Gasteiger partial charge in [0, 0.05) is 14.1 Å². The molecule has 0 atom stereocenters. The number of aryl methyl sites for hydroxylation is 2. The second-order valence-electron chi connectivity index (χ2n) is 4.59. The number of benzene rings is 1. The Hall–Kier alpha value is -1.21. The van der Waals surface area contributed by atoms with Crippen molar-refractivity contribution >= 4 is 55.6 Å². The predicted molar refractivity (Wildman–Crippen MR) is 94.0 cm³/mol. The molecule has 2 aromatic heterocycles. The molecule has 0 saturated heterocycles. The summed E-state index contributed by atoms with van der Waals surface area (Å²) < 4.78 is 1.24. The third-order valence-electron chi connectivity index (χ3n) is 3.17. The average molecular weight is 395 g/mol. The van der Waals surface area contributed by atoms with E-state index in [2.05, 4.69) is 76.0 Å². The zero-order valence-corrected chi connectivity index (χ0v) is 14.2. The Morgan fingerprint density at radius 3 is 2.85 bits per heavy atom. The van der Waals surface area contributed by atoms with Crippen LogP contribution in [0.1, 0.15) is 17.4 Å². The molecule has 3 rings (SSSR count). The molecule has 1 N–H and O–H groups in total. The van der Waals surface area contributed by atoms with Gasteiger partial charge in [-0.25, -0.2) is 9.97 Å². The summed E-state index contributed by atoms with van der Waals surface area (Å²) in [6, 6.07) is 8.54. The summed E-state index contributed by atoms with van der Waals surface area (Å²) in [6.07, 6.45) is 2.66. The average Bonchev–Trinajstić information content (AvgIpc) is 2.86. The van der Waals surface area contributed by atoms with E-state index in [1.807, 2.05) is 0 Å². The van der Waals surface area contributed by atoms with Crippen molar-refractivity contribution in [2.24, 2.45) is 0 Å². The minimum Gasteiger partial charge on any atom is -0.339 e. The normalized spacial score (nSPS) is 10.9. The number of hydrogen-bond donors (Lipinski definition) is 1. The maximum atomic E-state index is 4.40. The van der Waals surface area contributed by atoms with Crippen molar-refractivity contribution in [3.63, 3.8) is 0 Å². The Morgan fingerprint density at radius 1 is 1.25 bits per heavy atom. The number of nitrogens with zero attached hydrogens (tertiary/aromatic N) is 2. The van der Waals surface area contributed by atoms with E-state index in [1.165, 1.54) is 14.0 Å². The third kappa shape index (κ3) is 2.64. The fourth-order valence-corrected chi connectivity index (χ4v) is 3.66. The standard InChI is InChI=1S/C15H14IN3S/c1-3-11-7-12-14(17-8-18-15(12)20-11)19-13-5-4-10(16)6-9(13)2/h4-8H,3H2,1-2H3,(H,17,18,19). The van der Waals surface area contributed by atoms with E-state index in [-0.39, 0.29) is 0 Å². The van der Waals surface area contributed by atoms with E-state index < -0.39 is 0 Å². The second-order valence-corrected chi connectivity index (χ2v) is 6.95. The van der Waals surface area contributed by atoms with Gasteiger partial charge in [-0.2, -0.15) is 0 Å². The highest BCUT2D eigenvalue weighted by atomic mass is 127. The molecule has 1 aromatic carbocycles. The first kappa shape index (κ1) is 13.8. The molecule has 5 heteroatoms. The fraction of sp³-hybridized carbons (Fsp3) is 0.200. The highest BCUT2D eigenvalue weighted by molar-refractivity contribution is 14.1. The van der Waals surface area contributed by atoms with Crippen molar-refractivity contribution in [1.29, 1.82) is 0 Å². The van der Waals surface area contributed by atoms with E-state index in [4.69, 9.17) is 0 Å². The zero-order valence-electron chi connectivity index (χ0n) is 11.3. The van der Waals surface area contributed by atoms with Crippen LogP contribution in [0.4, 0.5) is 11.5 Å². The van der Waals surface area contributed by atoms with Gasteiger partial charge in [-0.05, 0) is 65.8 Å². The van der Waals surface area contributed by atoms with Crippen molar-refractivity contribution in [3.05, 3.63) is 44.6 Å². The molecule has 20 heavy (non-hydrogen) atoms. The van der Waals surface area contributed by atoms with Crippen LogP contribution in [-0.4, -0.2) is 9.97 Å². The lowest BCUT2D eigenvalue weighted by Gasteiger charge is -2.09. The molecule has 0 radical (unpaired) electrons. The molecule has 0 spiro atoms. The molecule has 0 saturated carbocycles. The van der Waals surface area contributed by atoms with E-state index in [0.717, 1.165) is 28.1 Å². The molecule has 0 unspecified atom stereocenters. The van der Waals surface area contributed by atoms with Gasteiger partial charge < -0.3 is 5.32 Å². The molecule has 0 bridgehead atoms. The van der Waals surface area contributed by atoms with Crippen molar-refractivity contribution in [3.8, 4) is 0 Å². The predicted octanol–water partition coefficient (Wildman–Crippen LogP) is 4.91. The number of rotatable bonds is 3. The summed E-state index contributed by atoms with van der Waals surface area (Å²) in [7, 11) is 0. The van der Waals surface area contributed by atoms with Gasteiger partial charge in [0.25, 0.3) is 0 Å². The SMILES string of the molecule is CCc1cc2c(Nc3ccc(I)cc3C)ncnc2s1. The molecule has 0 aliphatic heterocycles. The topological polar surface area (TPSA) is 37.8 Å². The Balaban J connectivity index is 2.03. The van der Waals surface area contributed by atoms with E-state index in [0.29, 0.717) is 0 Å². The lowest BCUT2D eigenvalue weighted by atomic mass is 10.2. The molecule has 3 nitrogen and oxygen atoms in total. The lowest BCUT2D eigenvalue weighted by Crippen LogP contribution is -1.96. The van der Waals surface area contributed by atoms with Crippen LogP contribution >= 0.6 is 33.9 Å². The highest BCUT2D eigenvalue weighted by Gasteiger charge is 2.09. The van der Waals surface area contributed by atoms with Crippen molar-refractivity contribution in [1.82, 2.24) is 9.97 Å². The van der Waals surface area contributed by atoms with Gasteiger partial charge >= 0.3 is 0 Å². The van der Waals surface area contributed by atoms with Crippen molar-refractivity contribution in [2.75, 3.05) is 5.32 Å². The van der Waals surface area contributed by atoms with Crippen LogP contribution < -0.4 is 5.32 Å². The summed E-state index contributed by atoms with van der Waals surface area (Å²) in [6.45, 7) is 4.27. The monoisotopic (exact) mass is 395 g/mol. The van der Waals surface area contributed by atoms with Crippen LogP contribution in [0.5, 0.6) is 0 Å². The number of hydrogen-bond acceptors (Lipinski definition) is 4. The maximum Gasteiger partial charge on any atom is 0.142 e. The lowest BCUT2D eigenvalue weighted by molar-refractivity contribution is 1.19. The first-order chi connectivity index (χ1) is 9.67. The van der Waals surface area contributed by atoms with Crippen LogP contribution in [0.15, 0.2) is 30.6 Å². The van der Waals surface area contributed by atoms with Crippen LogP contribution in [0, 0.1) is 10.5 Å². The first-order valence-corrected chi connectivity index (χ1v) is 8.33. The molecule has 2 heterocycles. The first-order valence-electron chi connectivity index (χ1n) is 6.44. The zero-order chi connectivity index (χ0) is 14.1. The maximum absolute atomic E-state index is 4.40. The highest BCUT2D eigenvalue weighted by Crippen LogP contribution is 2.31. The van der Waals surface area contributed by atoms with Crippen LogP contribution in [0.3, 0.4) is 0 Å². The van der Waals surface area contributed by atoms with Gasteiger partial charge in [0.2, 0.25) is 0 Å². The molecule has 3 aromatic rings. The van der Waals surface area contributed by atoms with Crippen LogP contribution in [0.25, 0.3) is 10.2 Å². The van der Waals surface area contributed by atoms with Gasteiger partial charge in [-0.1, -0.05) is 6.92 Å². The number of aromatic nitrogens is 2. The molecular formula is C15H14IN3S. The van der Waals surface area contributed by atoms with Gasteiger partial charge in [0.05, 0.1) is 5.39 Å². The largest absolute Gasteiger partial charge is 0.339 e. The third-order valence-corrected chi connectivity index (χ3v) is 5.03. The van der Waals surface area contributed by atoms with Crippen molar-refractivity contribution < 1.29 is 0 Å². The summed E-state index contributed by atoms with van der Waals surface area (Å²) in [5.41, 5.74) is 2.31. The van der Waals surface area contributed by atoms with Gasteiger partial charge in [0.15, 0.2) is 0 Å². The molecule has 102 valence electrons. The molecule has 0 aliphatic rings. The molecular weight excluding hydrogens is 381 g/mol. The van der Waals surface area contributed by atoms with E-state index in [1.54, 1.807) is 17.7 Å². The number of anilines is 2. The molecule has 0 amide bonds. The smallest absolute Gasteiger partial charge is 0.142 e. The summed E-state index contributed by atoms with van der Waals surface area (Å²) in [4.78, 5) is 11.1. The number of fused-ring (bicyclic) bond motifs is 1. The Bertz CT molecular complexity index is 767. The summed E-state index contributed by atoms with van der Waals surface area (Å²) in [5, 5.41) is 4.54.